The summed E-state index contributed by atoms with van der Waals surface area (Å²) in [5.74, 6) is 2.43. The fraction of sp³-hybridized carbons (Fsp3) is 0.273. The summed E-state index contributed by atoms with van der Waals surface area (Å²) in [7, 11) is 0. The first-order chi connectivity index (χ1) is 6.10. The van der Waals surface area contributed by atoms with Crippen molar-refractivity contribution in [2.45, 2.75) is 19.3 Å². The van der Waals surface area contributed by atoms with Gasteiger partial charge in [0.1, 0.15) is 5.69 Å². The summed E-state index contributed by atoms with van der Waals surface area (Å²) < 4.78 is 0. The van der Waals surface area contributed by atoms with Gasteiger partial charge in [0.25, 0.3) is 0 Å². The molecule has 0 aliphatic heterocycles. The van der Waals surface area contributed by atoms with Gasteiger partial charge in [-0.3, -0.25) is 0 Å². The van der Waals surface area contributed by atoms with E-state index in [1.54, 1.807) is 12.3 Å². The van der Waals surface area contributed by atoms with Gasteiger partial charge in [0.2, 0.25) is 0 Å². The van der Waals surface area contributed by atoms with Crippen molar-refractivity contribution >= 4 is 0 Å². The molecule has 0 atom stereocenters. The summed E-state index contributed by atoms with van der Waals surface area (Å²) in [5.41, 5.74) is 0.978. The third-order valence-corrected chi connectivity index (χ3v) is 1.91. The molecular formula is C11H10N2. The zero-order valence-electron chi connectivity index (χ0n) is 7.70. The summed E-state index contributed by atoms with van der Waals surface area (Å²) in [4.78, 5) is 4.02. The Kier molecular flexibility index (Phi) is 2.35. The highest BCUT2D eigenvalue weighted by Gasteiger charge is 2.19. The van der Waals surface area contributed by atoms with E-state index in [9.17, 15) is 0 Å². The van der Waals surface area contributed by atoms with Gasteiger partial charge in [-0.1, -0.05) is 12.0 Å². The molecule has 0 N–H and O–H groups in total. The van der Waals surface area contributed by atoms with E-state index in [2.05, 4.69) is 17.0 Å². The molecule has 0 aliphatic rings. The number of hydrogen-bond donors (Lipinski definition) is 0. The van der Waals surface area contributed by atoms with Crippen LogP contribution < -0.4 is 0 Å². The van der Waals surface area contributed by atoms with Crippen molar-refractivity contribution < 1.29 is 0 Å². The minimum Gasteiger partial charge on any atom is -0.247 e. The molecule has 0 spiro atoms. The van der Waals surface area contributed by atoms with Crippen LogP contribution in [0.3, 0.4) is 0 Å². The van der Waals surface area contributed by atoms with Gasteiger partial charge >= 0.3 is 0 Å². The summed E-state index contributed by atoms with van der Waals surface area (Å²) in [6.07, 6.45) is 6.82. The molecular weight excluding hydrogens is 160 g/mol. The van der Waals surface area contributed by atoms with Gasteiger partial charge in [0.15, 0.2) is 0 Å². The number of pyridine rings is 1. The molecule has 2 nitrogen and oxygen atoms in total. The van der Waals surface area contributed by atoms with Crippen molar-refractivity contribution in [1.29, 1.82) is 5.26 Å². The Hall–Kier alpha value is -1.80. The van der Waals surface area contributed by atoms with E-state index >= 15 is 0 Å². The highest BCUT2D eigenvalue weighted by molar-refractivity contribution is 5.32. The number of hydrogen-bond acceptors (Lipinski definition) is 2. The van der Waals surface area contributed by atoms with Crippen LogP contribution in [0.25, 0.3) is 0 Å². The SMILES string of the molecule is C#Cc1ccc(C(C)(C)C#N)cn1. The van der Waals surface area contributed by atoms with Crippen LogP contribution in [-0.4, -0.2) is 4.98 Å². The largest absolute Gasteiger partial charge is 0.247 e. The quantitative estimate of drug-likeness (QED) is 0.603. The Bertz CT molecular complexity index is 374. The van der Waals surface area contributed by atoms with Gasteiger partial charge < -0.3 is 0 Å². The minimum atomic E-state index is -0.500. The average Bonchev–Trinajstić information content (AvgIpc) is 2.18. The molecule has 0 bridgehead atoms. The third kappa shape index (κ3) is 1.86. The Balaban J connectivity index is 3.09. The summed E-state index contributed by atoms with van der Waals surface area (Å²) in [5, 5.41) is 8.86. The van der Waals surface area contributed by atoms with E-state index in [4.69, 9.17) is 11.7 Å². The second-order valence-electron chi connectivity index (χ2n) is 3.31. The van der Waals surface area contributed by atoms with Gasteiger partial charge in [-0.05, 0) is 25.5 Å². The second kappa shape index (κ2) is 3.29. The number of nitriles is 1. The maximum absolute atomic E-state index is 8.86. The first kappa shape index (κ1) is 9.29. The Labute approximate surface area is 78.2 Å². The zero-order valence-corrected chi connectivity index (χ0v) is 7.70. The zero-order chi connectivity index (χ0) is 9.90. The lowest BCUT2D eigenvalue weighted by Gasteiger charge is -2.14. The highest BCUT2D eigenvalue weighted by atomic mass is 14.7. The van der Waals surface area contributed by atoms with Crippen molar-refractivity contribution in [2.24, 2.45) is 0 Å². The molecule has 0 saturated carbocycles. The van der Waals surface area contributed by atoms with Crippen molar-refractivity contribution in [3.05, 3.63) is 29.6 Å². The normalized spacial score (nSPS) is 10.2. The maximum Gasteiger partial charge on any atom is 0.112 e. The van der Waals surface area contributed by atoms with E-state index in [0.717, 1.165) is 5.56 Å². The number of rotatable bonds is 1. The third-order valence-electron chi connectivity index (χ3n) is 1.91. The first-order valence-electron chi connectivity index (χ1n) is 3.94. The van der Waals surface area contributed by atoms with Crippen LogP contribution in [0.5, 0.6) is 0 Å². The number of terminal acetylenes is 1. The molecule has 0 aromatic carbocycles. The standard InChI is InChI=1S/C11H10N2/c1-4-10-6-5-9(7-13-10)11(2,3)8-12/h1,5-7H,2-3H3. The molecule has 0 radical (unpaired) electrons. The predicted molar refractivity (Wildman–Crippen MR) is 50.8 cm³/mol. The first-order valence-corrected chi connectivity index (χ1v) is 3.94. The molecule has 0 amide bonds. The van der Waals surface area contributed by atoms with Gasteiger partial charge in [-0.15, -0.1) is 6.42 Å². The van der Waals surface area contributed by atoms with Crippen molar-refractivity contribution in [2.75, 3.05) is 0 Å². The van der Waals surface area contributed by atoms with E-state index < -0.39 is 5.41 Å². The summed E-state index contributed by atoms with van der Waals surface area (Å²) in [6.45, 7) is 3.69. The Morgan fingerprint density at radius 2 is 2.15 bits per heavy atom. The van der Waals surface area contributed by atoms with Gasteiger partial charge in [-0.2, -0.15) is 5.26 Å². The lowest BCUT2D eigenvalue weighted by Crippen LogP contribution is -2.14. The predicted octanol–water partition coefficient (Wildman–Crippen LogP) is 1.86. The summed E-state index contributed by atoms with van der Waals surface area (Å²) >= 11 is 0. The van der Waals surface area contributed by atoms with E-state index in [1.165, 1.54) is 0 Å². The smallest absolute Gasteiger partial charge is 0.112 e. The lowest BCUT2D eigenvalue weighted by atomic mass is 9.87. The molecule has 0 unspecified atom stereocenters. The molecule has 0 aliphatic carbocycles. The molecule has 0 saturated heterocycles. The van der Waals surface area contributed by atoms with Crippen LogP contribution in [0, 0.1) is 23.7 Å². The van der Waals surface area contributed by atoms with Crippen LogP contribution in [0.15, 0.2) is 18.3 Å². The van der Waals surface area contributed by atoms with Crippen LogP contribution in [0.2, 0.25) is 0 Å². The topological polar surface area (TPSA) is 36.7 Å². The van der Waals surface area contributed by atoms with Gasteiger partial charge in [0.05, 0.1) is 11.5 Å². The van der Waals surface area contributed by atoms with Crippen molar-refractivity contribution in [1.82, 2.24) is 4.98 Å². The highest BCUT2D eigenvalue weighted by Crippen LogP contribution is 2.20. The van der Waals surface area contributed by atoms with Crippen molar-refractivity contribution in [3.8, 4) is 18.4 Å². The average molecular weight is 170 g/mol. The monoisotopic (exact) mass is 170 g/mol. The summed E-state index contributed by atoms with van der Waals surface area (Å²) in [6, 6.07) is 5.79. The Morgan fingerprint density at radius 3 is 2.54 bits per heavy atom. The van der Waals surface area contributed by atoms with E-state index in [0.29, 0.717) is 5.69 Å². The fourth-order valence-electron chi connectivity index (χ4n) is 0.914. The van der Waals surface area contributed by atoms with Gasteiger partial charge in [0, 0.05) is 6.20 Å². The van der Waals surface area contributed by atoms with Crippen LogP contribution in [0.4, 0.5) is 0 Å². The number of nitrogens with zero attached hydrogens (tertiary/aromatic N) is 2. The molecule has 64 valence electrons. The van der Waals surface area contributed by atoms with E-state index in [1.807, 2.05) is 19.9 Å². The minimum absolute atomic E-state index is 0.500. The molecule has 2 heteroatoms. The van der Waals surface area contributed by atoms with E-state index in [-0.39, 0.29) is 0 Å². The molecule has 1 aromatic rings. The van der Waals surface area contributed by atoms with Crippen LogP contribution >= 0.6 is 0 Å². The second-order valence-corrected chi connectivity index (χ2v) is 3.31. The molecule has 1 heterocycles. The van der Waals surface area contributed by atoms with Gasteiger partial charge in [-0.25, -0.2) is 4.98 Å². The molecule has 0 fully saturated rings. The van der Waals surface area contributed by atoms with Crippen LogP contribution in [-0.2, 0) is 5.41 Å². The molecule has 13 heavy (non-hydrogen) atoms. The lowest BCUT2D eigenvalue weighted by molar-refractivity contribution is 0.682. The molecule has 1 rings (SSSR count). The molecule has 1 aromatic heterocycles. The van der Waals surface area contributed by atoms with Crippen LogP contribution in [0.1, 0.15) is 25.1 Å². The fourth-order valence-corrected chi connectivity index (χ4v) is 0.914. The maximum atomic E-state index is 8.86. The van der Waals surface area contributed by atoms with Crippen molar-refractivity contribution in [3.63, 3.8) is 0 Å². The Morgan fingerprint density at radius 1 is 1.46 bits per heavy atom. The number of aromatic nitrogens is 1.